The summed E-state index contributed by atoms with van der Waals surface area (Å²) in [6, 6.07) is 25.4. The van der Waals surface area contributed by atoms with Gasteiger partial charge in [-0.2, -0.15) is 0 Å². The molecule has 176 valence electrons. The summed E-state index contributed by atoms with van der Waals surface area (Å²) in [6.45, 7) is 6.79. The van der Waals surface area contributed by atoms with Gasteiger partial charge in [-0.05, 0) is 47.2 Å². The molecule has 2 N–H and O–H groups in total. The second-order valence-electron chi connectivity index (χ2n) is 8.95. The van der Waals surface area contributed by atoms with Crippen LogP contribution < -0.4 is 15.5 Å². The maximum Gasteiger partial charge on any atom is 0.324 e. The van der Waals surface area contributed by atoms with Crippen molar-refractivity contribution >= 4 is 23.4 Å². The molecule has 0 radical (unpaired) electrons. The lowest BCUT2D eigenvalue weighted by Gasteiger charge is -2.36. The lowest BCUT2D eigenvalue weighted by atomic mass is 10.0. The lowest BCUT2D eigenvalue weighted by Crippen LogP contribution is -2.49. The highest BCUT2D eigenvalue weighted by Crippen LogP contribution is 2.25. The number of hydrogen-bond donors (Lipinski definition) is 2. The van der Waals surface area contributed by atoms with E-state index in [0.29, 0.717) is 31.2 Å². The van der Waals surface area contributed by atoms with Crippen LogP contribution in [-0.4, -0.2) is 30.1 Å². The molecule has 1 fully saturated rings. The van der Waals surface area contributed by atoms with Crippen LogP contribution in [0.25, 0.3) is 0 Å². The molecule has 1 aliphatic heterocycles. The normalized spacial score (nSPS) is 13.8. The molecule has 6 heteroatoms. The van der Waals surface area contributed by atoms with E-state index in [9.17, 15) is 9.59 Å². The molecule has 3 aromatic carbocycles. The summed E-state index contributed by atoms with van der Waals surface area (Å²) in [4.78, 5) is 29.3. The van der Waals surface area contributed by atoms with Gasteiger partial charge in [0.25, 0.3) is 0 Å². The van der Waals surface area contributed by atoms with Crippen molar-refractivity contribution in [3.8, 4) is 0 Å². The predicted octanol–water partition coefficient (Wildman–Crippen LogP) is 5.96. The summed E-state index contributed by atoms with van der Waals surface area (Å²) < 4.78 is 0. The SMILES string of the molecule is CC(C)c1ccc(CN2CCCN(c3cccc(NC(=O)NCc4ccccc4)c3)C2=O)cc1. The van der Waals surface area contributed by atoms with E-state index in [2.05, 4.69) is 48.7 Å². The molecule has 6 nitrogen and oxygen atoms in total. The number of nitrogens with one attached hydrogen (secondary N) is 2. The first-order chi connectivity index (χ1) is 16.5. The van der Waals surface area contributed by atoms with Crippen LogP contribution in [0.4, 0.5) is 21.0 Å². The topological polar surface area (TPSA) is 64.7 Å². The number of urea groups is 2. The smallest absolute Gasteiger partial charge is 0.324 e. The minimum atomic E-state index is -0.280. The molecule has 3 aromatic rings. The molecule has 0 unspecified atom stereocenters. The summed E-state index contributed by atoms with van der Waals surface area (Å²) in [6.07, 6.45) is 0.894. The van der Waals surface area contributed by atoms with E-state index in [1.807, 2.05) is 59.5 Å². The Bertz CT molecular complexity index is 1110. The van der Waals surface area contributed by atoms with Crippen LogP contribution in [0.3, 0.4) is 0 Å². The maximum atomic E-state index is 13.3. The Kier molecular flexibility index (Phi) is 7.48. The zero-order valence-corrected chi connectivity index (χ0v) is 19.8. The highest BCUT2D eigenvalue weighted by atomic mass is 16.2. The van der Waals surface area contributed by atoms with Crippen molar-refractivity contribution in [1.82, 2.24) is 10.2 Å². The predicted molar refractivity (Wildman–Crippen MR) is 137 cm³/mol. The summed E-state index contributed by atoms with van der Waals surface area (Å²) in [5, 5.41) is 5.73. The summed E-state index contributed by atoms with van der Waals surface area (Å²) in [5.41, 5.74) is 4.89. The molecule has 34 heavy (non-hydrogen) atoms. The van der Waals surface area contributed by atoms with Crippen LogP contribution in [0.2, 0.25) is 0 Å². The zero-order chi connectivity index (χ0) is 23.9. The van der Waals surface area contributed by atoms with Crippen molar-refractivity contribution in [1.29, 1.82) is 0 Å². The number of carbonyl (C=O) groups is 2. The van der Waals surface area contributed by atoms with Crippen LogP contribution in [0.1, 0.15) is 42.9 Å². The third-order valence-electron chi connectivity index (χ3n) is 6.04. The van der Waals surface area contributed by atoms with Gasteiger partial charge in [-0.25, -0.2) is 9.59 Å². The van der Waals surface area contributed by atoms with Crippen LogP contribution in [-0.2, 0) is 13.1 Å². The fourth-order valence-electron chi connectivity index (χ4n) is 4.10. The molecule has 0 spiro atoms. The monoisotopic (exact) mass is 456 g/mol. The molecular formula is C28H32N4O2. The first-order valence-electron chi connectivity index (χ1n) is 11.8. The Labute approximate surface area is 201 Å². The number of amides is 4. The van der Waals surface area contributed by atoms with E-state index >= 15 is 0 Å². The Hall–Kier alpha value is -3.80. The van der Waals surface area contributed by atoms with E-state index in [4.69, 9.17) is 0 Å². The number of hydrogen-bond acceptors (Lipinski definition) is 2. The van der Waals surface area contributed by atoms with Gasteiger partial charge in [0, 0.05) is 37.6 Å². The zero-order valence-electron chi connectivity index (χ0n) is 19.8. The van der Waals surface area contributed by atoms with Crippen molar-refractivity contribution in [3.63, 3.8) is 0 Å². The first-order valence-corrected chi connectivity index (χ1v) is 11.8. The Morgan fingerprint density at radius 2 is 1.68 bits per heavy atom. The van der Waals surface area contributed by atoms with Crippen LogP contribution in [0, 0.1) is 0 Å². The van der Waals surface area contributed by atoms with Gasteiger partial charge in [-0.3, -0.25) is 4.90 Å². The number of rotatable bonds is 7. The van der Waals surface area contributed by atoms with Gasteiger partial charge in [0.05, 0.1) is 0 Å². The van der Waals surface area contributed by atoms with Crippen LogP contribution in [0.5, 0.6) is 0 Å². The van der Waals surface area contributed by atoms with Crippen LogP contribution in [0.15, 0.2) is 78.9 Å². The molecule has 1 aliphatic rings. The van der Waals surface area contributed by atoms with Crippen molar-refractivity contribution in [2.75, 3.05) is 23.3 Å². The van der Waals surface area contributed by atoms with Gasteiger partial charge in [0.1, 0.15) is 0 Å². The van der Waals surface area contributed by atoms with E-state index in [-0.39, 0.29) is 12.1 Å². The Morgan fingerprint density at radius 3 is 2.41 bits per heavy atom. The average molecular weight is 457 g/mol. The van der Waals surface area contributed by atoms with Crippen molar-refractivity contribution < 1.29 is 9.59 Å². The molecule has 0 atom stereocenters. The lowest BCUT2D eigenvalue weighted by molar-refractivity contribution is 0.192. The highest BCUT2D eigenvalue weighted by molar-refractivity contribution is 5.95. The third-order valence-corrected chi connectivity index (χ3v) is 6.04. The molecule has 4 amide bonds. The fraction of sp³-hybridized carbons (Fsp3) is 0.286. The van der Waals surface area contributed by atoms with Gasteiger partial charge in [0.2, 0.25) is 0 Å². The quantitative estimate of drug-likeness (QED) is 0.460. The highest BCUT2D eigenvalue weighted by Gasteiger charge is 2.27. The van der Waals surface area contributed by atoms with Crippen LogP contribution >= 0.6 is 0 Å². The summed E-state index contributed by atoms with van der Waals surface area (Å²) in [7, 11) is 0. The third kappa shape index (κ3) is 5.95. The van der Waals surface area contributed by atoms with Crippen molar-refractivity contribution in [3.05, 3.63) is 95.6 Å². The maximum absolute atomic E-state index is 13.3. The summed E-state index contributed by atoms with van der Waals surface area (Å²) in [5.74, 6) is 0.488. The number of carbonyl (C=O) groups excluding carboxylic acids is 2. The molecule has 1 heterocycles. The summed E-state index contributed by atoms with van der Waals surface area (Å²) >= 11 is 0. The van der Waals surface area contributed by atoms with Gasteiger partial charge >= 0.3 is 12.1 Å². The van der Waals surface area contributed by atoms with Gasteiger partial charge in [0.15, 0.2) is 0 Å². The molecule has 1 saturated heterocycles. The van der Waals surface area contributed by atoms with Gasteiger partial charge in [-0.15, -0.1) is 0 Å². The molecule has 0 saturated carbocycles. The largest absolute Gasteiger partial charge is 0.334 e. The minimum absolute atomic E-state index is 0.00938. The standard InChI is InChI=1S/C28H32N4O2/c1-21(2)24-14-12-23(13-15-24)20-31-16-7-17-32(28(31)34)26-11-6-10-25(18-26)30-27(33)29-19-22-8-4-3-5-9-22/h3-6,8-15,18,21H,7,16-17,19-20H2,1-2H3,(H2,29,30,33). The number of benzene rings is 3. The van der Waals surface area contributed by atoms with Gasteiger partial charge in [-0.1, -0.05) is 74.5 Å². The Balaban J connectivity index is 1.38. The van der Waals surface area contributed by atoms with E-state index in [1.54, 1.807) is 4.90 Å². The average Bonchev–Trinajstić information content (AvgIpc) is 2.85. The Morgan fingerprint density at radius 1 is 0.912 bits per heavy atom. The first kappa shape index (κ1) is 23.4. The van der Waals surface area contributed by atoms with E-state index in [1.165, 1.54) is 5.56 Å². The molecular weight excluding hydrogens is 424 g/mol. The van der Waals surface area contributed by atoms with Gasteiger partial charge < -0.3 is 15.5 Å². The van der Waals surface area contributed by atoms with E-state index < -0.39 is 0 Å². The second kappa shape index (κ2) is 10.9. The molecule has 0 bridgehead atoms. The molecule has 0 aliphatic carbocycles. The second-order valence-corrected chi connectivity index (χ2v) is 8.95. The van der Waals surface area contributed by atoms with Crippen molar-refractivity contribution in [2.24, 2.45) is 0 Å². The van der Waals surface area contributed by atoms with Crippen molar-refractivity contribution in [2.45, 2.75) is 39.3 Å². The molecule has 4 rings (SSSR count). The fourth-order valence-corrected chi connectivity index (χ4v) is 4.10. The number of nitrogens with zero attached hydrogens (tertiary/aromatic N) is 2. The molecule has 0 aromatic heterocycles. The number of anilines is 2. The minimum Gasteiger partial charge on any atom is -0.334 e. The van der Waals surface area contributed by atoms with E-state index in [0.717, 1.165) is 29.8 Å².